The summed E-state index contributed by atoms with van der Waals surface area (Å²) in [5.41, 5.74) is 3.70. The maximum absolute atomic E-state index is 12.7. The van der Waals surface area contributed by atoms with Gasteiger partial charge in [0.05, 0.1) is 15.7 Å². The zero-order valence-electron chi connectivity index (χ0n) is 16.9. The number of rotatable bonds is 5. The maximum Gasteiger partial charge on any atom is 0.271 e. The molecule has 0 spiro atoms. The third-order valence-corrected chi connectivity index (χ3v) is 7.84. The molecule has 1 aromatic heterocycles. The van der Waals surface area contributed by atoms with Gasteiger partial charge >= 0.3 is 0 Å². The summed E-state index contributed by atoms with van der Waals surface area (Å²) in [6.45, 7) is 0. The first-order chi connectivity index (χ1) is 16.2. The van der Waals surface area contributed by atoms with Crippen LogP contribution in [0, 0.1) is 0 Å². The molecule has 0 unspecified atom stereocenters. The Bertz CT molecular complexity index is 1460. The lowest BCUT2D eigenvalue weighted by Gasteiger charge is -2.06. The molecular weight excluding hydrogens is 674 g/mol. The van der Waals surface area contributed by atoms with Gasteiger partial charge in [-0.05, 0) is 64.5 Å². The van der Waals surface area contributed by atoms with Crippen molar-refractivity contribution in [3.8, 4) is 5.75 Å². The van der Waals surface area contributed by atoms with Crippen molar-refractivity contribution >= 4 is 105 Å². The Kier molecular flexibility index (Phi) is 7.73. The fourth-order valence-corrected chi connectivity index (χ4v) is 6.21. The number of carbonyl (C=O) groups is 2. The Morgan fingerprint density at radius 2 is 1.71 bits per heavy atom. The number of thiophene rings is 1. The van der Waals surface area contributed by atoms with Crippen molar-refractivity contribution in [2.45, 2.75) is 0 Å². The van der Waals surface area contributed by atoms with E-state index in [4.69, 9.17) is 11.6 Å². The smallest absolute Gasteiger partial charge is 0.271 e. The molecule has 4 rings (SSSR count). The van der Waals surface area contributed by atoms with Crippen LogP contribution in [0.4, 0.5) is 5.69 Å². The van der Waals surface area contributed by atoms with Gasteiger partial charge in [0.15, 0.2) is 0 Å². The number of amides is 2. The van der Waals surface area contributed by atoms with E-state index in [0.29, 0.717) is 31.2 Å². The van der Waals surface area contributed by atoms with E-state index in [1.54, 1.807) is 36.4 Å². The number of anilines is 1. The van der Waals surface area contributed by atoms with Crippen molar-refractivity contribution in [3.05, 3.63) is 89.0 Å². The molecule has 0 saturated carbocycles. The van der Waals surface area contributed by atoms with Crippen LogP contribution >= 0.6 is 70.7 Å². The number of phenolic OH excluding ortho intramolecular Hbond substituents is 1. The van der Waals surface area contributed by atoms with E-state index in [-0.39, 0.29) is 11.7 Å². The predicted molar refractivity (Wildman–Crippen MR) is 147 cm³/mol. The van der Waals surface area contributed by atoms with E-state index in [9.17, 15) is 14.7 Å². The van der Waals surface area contributed by atoms with Crippen molar-refractivity contribution in [1.29, 1.82) is 0 Å². The summed E-state index contributed by atoms with van der Waals surface area (Å²) in [6, 6.07) is 15.4. The fourth-order valence-electron chi connectivity index (χ4n) is 2.99. The second-order valence-corrected chi connectivity index (χ2v) is 11.1. The van der Waals surface area contributed by atoms with Crippen LogP contribution in [0.3, 0.4) is 0 Å². The molecule has 11 heteroatoms. The lowest BCUT2D eigenvalue weighted by molar-refractivity contribution is 0.0954. The van der Waals surface area contributed by atoms with Gasteiger partial charge in [-0.15, -0.1) is 11.3 Å². The number of phenols is 1. The average molecular weight is 687 g/mol. The molecule has 0 radical (unpaired) electrons. The van der Waals surface area contributed by atoms with E-state index < -0.39 is 5.91 Å². The van der Waals surface area contributed by atoms with Crippen LogP contribution in [0.25, 0.3) is 10.1 Å². The van der Waals surface area contributed by atoms with Crippen LogP contribution in [-0.2, 0) is 0 Å². The topological polar surface area (TPSA) is 90.8 Å². The Morgan fingerprint density at radius 1 is 0.971 bits per heavy atom. The first-order valence-electron chi connectivity index (χ1n) is 9.53. The minimum Gasteiger partial charge on any atom is -0.506 e. The molecule has 0 aliphatic heterocycles. The molecule has 0 aliphatic carbocycles. The van der Waals surface area contributed by atoms with Gasteiger partial charge in [0, 0.05) is 35.8 Å². The Morgan fingerprint density at radius 3 is 2.44 bits per heavy atom. The van der Waals surface area contributed by atoms with Gasteiger partial charge in [-0.25, -0.2) is 5.43 Å². The molecule has 3 N–H and O–H groups in total. The quantitative estimate of drug-likeness (QED) is 0.150. The Hall–Kier alpha value is -2.24. The molecular formula is C23H13Br3ClN3O3S. The SMILES string of the molecule is O=C(N/N=C\c1cc(Br)cc(Br)c1O)c1ccc(NC(=O)c2sc3cc(Br)ccc3c2Cl)cc1. The van der Waals surface area contributed by atoms with E-state index in [2.05, 4.69) is 63.6 Å². The summed E-state index contributed by atoms with van der Waals surface area (Å²) < 4.78 is 3.05. The molecule has 4 aromatic rings. The van der Waals surface area contributed by atoms with Crippen LogP contribution in [0.15, 0.2) is 73.1 Å². The molecule has 1 heterocycles. The number of fused-ring (bicyclic) bond motifs is 1. The highest BCUT2D eigenvalue weighted by atomic mass is 79.9. The summed E-state index contributed by atoms with van der Waals surface area (Å²) in [5.74, 6) is -0.766. The molecule has 0 aliphatic rings. The normalized spacial score (nSPS) is 11.2. The minimum absolute atomic E-state index is 0.00710. The third kappa shape index (κ3) is 5.52. The number of benzene rings is 3. The van der Waals surface area contributed by atoms with Crippen LogP contribution in [0.2, 0.25) is 5.02 Å². The summed E-state index contributed by atoms with van der Waals surface area (Å²) >= 11 is 17.7. The van der Waals surface area contributed by atoms with Gasteiger partial charge in [-0.2, -0.15) is 5.10 Å². The van der Waals surface area contributed by atoms with Gasteiger partial charge < -0.3 is 10.4 Å². The molecule has 172 valence electrons. The van der Waals surface area contributed by atoms with Crippen LogP contribution in [0.5, 0.6) is 5.75 Å². The average Bonchev–Trinajstić information content (AvgIpc) is 3.13. The summed E-state index contributed by atoms with van der Waals surface area (Å²) in [4.78, 5) is 25.5. The zero-order chi connectivity index (χ0) is 24.4. The predicted octanol–water partition coefficient (Wildman–Crippen LogP) is 7.56. The van der Waals surface area contributed by atoms with Gasteiger partial charge in [0.2, 0.25) is 0 Å². The van der Waals surface area contributed by atoms with Crippen molar-refractivity contribution in [2.75, 3.05) is 5.32 Å². The summed E-state index contributed by atoms with van der Waals surface area (Å²) in [7, 11) is 0. The standard InChI is InChI=1S/C23H13Br3ClN3O3S/c24-13-3-6-16-18(9-13)34-21(19(16)27)23(33)29-15-4-1-11(2-5-15)22(32)30-28-10-12-7-14(25)8-17(26)20(12)31/h1-10,31H,(H,29,33)(H,30,32)/b28-10-. The second-order valence-electron chi connectivity index (χ2n) is 6.94. The molecule has 3 aromatic carbocycles. The van der Waals surface area contributed by atoms with E-state index in [1.807, 2.05) is 18.2 Å². The first kappa shape index (κ1) is 24.9. The lowest BCUT2D eigenvalue weighted by Crippen LogP contribution is -2.17. The number of nitrogens with zero attached hydrogens (tertiary/aromatic N) is 1. The first-order valence-corrected chi connectivity index (χ1v) is 13.1. The van der Waals surface area contributed by atoms with Crippen molar-refractivity contribution in [1.82, 2.24) is 5.43 Å². The second kappa shape index (κ2) is 10.6. The molecule has 2 amide bonds. The monoisotopic (exact) mass is 683 g/mol. The highest BCUT2D eigenvalue weighted by Gasteiger charge is 2.17. The van der Waals surface area contributed by atoms with Crippen LogP contribution in [-0.4, -0.2) is 23.1 Å². The largest absolute Gasteiger partial charge is 0.506 e. The Labute approximate surface area is 228 Å². The van der Waals surface area contributed by atoms with Gasteiger partial charge in [-0.3, -0.25) is 9.59 Å². The number of hydrazone groups is 1. The summed E-state index contributed by atoms with van der Waals surface area (Å²) in [6.07, 6.45) is 1.34. The molecule has 0 bridgehead atoms. The van der Waals surface area contributed by atoms with Crippen molar-refractivity contribution in [2.24, 2.45) is 5.10 Å². The lowest BCUT2D eigenvalue weighted by atomic mass is 10.2. The zero-order valence-corrected chi connectivity index (χ0v) is 23.2. The molecule has 6 nitrogen and oxygen atoms in total. The minimum atomic E-state index is -0.444. The molecule has 0 atom stereocenters. The molecule has 34 heavy (non-hydrogen) atoms. The molecule has 0 fully saturated rings. The maximum atomic E-state index is 12.7. The highest BCUT2D eigenvalue weighted by Crippen LogP contribution is 2.37. The van der Waals surface area contributed by atoms with E-state index >= 15 is 0 Å². The number of halogens is 4. The number of nitrogens with one attached hydrogen (secondary N) is 2. The van der Waals surface area contributed by atoms with E-state index in [0.717, 1.165) is 19.0 Å². The van der Waals surface area contributed by atoms with Crippen LogP contribution < -0.4 is 10.7 Å². The number of aromatic hydroxyl groups is 1. The van der Waals surface area contributed by atoms with Gasteiger partial charge in [-0.1, -0.05) is 49.5 Å². The number of hydrogen-bond donors (Lipinski definition) is 3. The highest BCUT2D eigenvalue weighted by molar-refractivity contribution is 9.11. The van der Waals surface area contributed by atoms with Crippen molar-refractivity contribution < 1.29 is 14.7 Å². The summed E-state index contributed by atoms with van der Waals surface area (Å²) in [5, 5.41) is 18.0. The van der Waals surface area contributed by atoms with Crippen molar-refractivity contribution in [3.63, 3.8) is 0 Å². The molecule has 0 saturated heterocycles. The number of hydrogen-bond acceptors (Lipinski definition) is 5. The fraction of sp³-hybridized carbons (Fsp3) is 0. The third-order valence-electron chi connectivity index (χ3n) is 4.63. The Balaban J connectivity index is 1.41. The van der Waals surface area contributed by atoms with Gasteiger partial charge in [0.1, 0.15) is 10.6 Å². The van der Waals surface area contributed by atoms with Gasteiger partial charge in [0.25, 0.3) is 11.8 Å². The van der Waals surface area contributed by atoms with Crippen LogP contribution in [0.1, 0.15) is 25.6 Å². The number of carbonyl (C=O) groups excluding carboxylic acids is 2. The van der Waals surface area contributed by atoms with E-state index in [1.165, 1.54) is 17.6 Å².